The molecule has 2 N–H and O–H groups in total. The maximum atomic E-state index is 12.8. The third-order valence-electron chi connectivity index (χ3n) is 5.07. The Labute approximate surface area is 166 Å². The molecule has 2 atom stereocenters. The molecule has 2 aromatic rings. The van der Waals surface area contributed by atoms with Crippen LogP contribution in [0.25, 0.3) is 11.3 Å². The molecule has 0 saturated carbocycles. The van der Waals surface area contributed by atoms with Gasteiger partial charge in [0, 0.05) is 30.6 Å². The highest BCUT2D eigenvalue weighted by Gasteiger charge is 2.34. The van der Waals surface area contributed by atoms with E-state index in [0.717, 1.165) is 42.1 Å². The minimum absolute atomic E-state index is 0.0424. The van der Waals surface area contributed by atoms with E-state index in [9.17, 15) is 4.79 Å². The number of methoxy groups -OCH3 is 1. The molecule has 3 rings (SSSR count). The number of hydrogen-bond acceptors (Lipinski definition) is 5. The number of amides is 1. The molecule has 0 saturated heterocycles. The van der Waals surface area contributed by atoms with Gasteiger partial charge in [-0.15, -0.1) is 0 Å². The molecule has 1 aromatic carbocycles. The van der Waals surface area contributed by atoms with Crippen molar-refractivity contribution in [3.63, 3.8) is 0 Å². The number of hydrogen-bond donors (Lipinski definition) is 2. The van der Waals surface area contributed by atoms with Crippen LogP contribution in [0.4, 0.5) is 0 Å². The Bertz CT molecular complexity index is 792. The number of rotatable bonds is 7. The molecule has 2 unspecified atom stereocenters. The molecule has 1 aliphatic heterocycles. The van der Waals surface area contributed by atoms with E-state index >= 15 is 0 Å². The minimum atomic E-state index is -0.576. The zero-order valence-corrected chi connectivity index (χ0v) is 16.9. The molecule has 7 heteroatoms. The summed E-state index contributed by atoms with van der Waals surface area (Å²) in [5.41, 5.74) is 7.81. The molecular formula is C20H28N4O2S. The first-order valence-electron chi connectivity index (χ1n) is 9.48. The summed E-state index contributed by atoms with van der Waals surface area (Å²) >= 11 is 4.20. The number of thiol groups is 1. The number of para-hydroxylation sites is 1. The molecule has 0 aliphatic carbocycles. The number of ether oxygens (including phenoxy) is 1. The zero-order valence-electron chi connectivity index (χ0n) is 16.0. The van der Waals surface area contributed by atoms with Crippen LogP contribution in [0.5, 0.6) is 5.75 Å². The van der Waals surface area contributed by atoms with Crippen molar-refractivity contribution in [3.8, 4) is 17.0 Å². The second-order valence-electron chi connectivity index (χ2n) is 6.86. The van der Waals surface area contributed by atoms with Crippen LogP contribution in [-0.4, -0.2) is 45.8 Å². The van der Waals surface area contributed by atoms with Gasteiger partial charge >= 0.3 is 0 Å². The second-order valence-corrected chi connectivity index (χ2v) is 7.22. The second kappa shape index (κ2) is 8.80. The number of carbonyl (C=O) groups excluding carboxylic acids is 1. The number of imidazole rings is 1. The van der Waals surface area contributed by atoms with Crippen molar-refractivity contribution >= 4 is 18.5 Å². The Kier molecular flexibility index (Phi) is 6.44. The van der Waals surface area contributed by atoms with Crippen molar-refractivity contribution in [2.45, 2.75) is 44.8 Å². The molecule has 0 fully saturated rings. The van der Waals surface area contributed by atoms with Crippen LogP contribution in [0.3, 0.4) is 0 Å². The van der Waals surface area contributed by atoms with Gasteiger partial charge in [0.05, 0.1) is 24.9 Å². The number of nitrogens with zero attached hydrogens (tertiary/aromatic N) is 3. The summed E-state index contributed by atoms with van der Waals surface area (Å²) in [4.78, 5) is 19.6. The predicted octanol–water partition coefficient (Wildman–Crippen LogP) is 2.89. The van der Waals surface area contributed by atoms with Crippen molar-refractivity contribution in [1.82, 2.24) is 14.5 Å². The highest BCUT2D eigenvalue weighted by molar-refractivity contribution is 7.80. The van der Waals surface area contributed by atoms with Gasteiger partial charge in [0.1, 0.15) is 11.6 Å². The van der Waals surface area contributed by atoms with Gasteiger partial charge in [-0.25, -0.2) is 4.98 Å². The Balaban J connectivity index is 1.98. The summed E-state index contributed by atoms with van der Waals surface area (Å²) in [6, 6.07) is 7.24. The van der Waals surface area contributed by atoms with Gasteiger partial charge in [-0.2, -0.15) is 12.6 Å². The van der Waals surface area contributed by atoms with E-state index in [2.05, 4.69) is 30.3 Å². The molecule has 1 aliphatic rings. The zero-order chi connectivity index (χ0) is 19.4. The highest BCUT2D eigenvalue weighted by atomic mass is 32.1. The summed E-state index contributed by atoms with van der Waals surface area (Å²) in [7, 11) is 1.66. The van der Waals surface area contributed by atoms with E-state index in [0.29, 0.717) is 18.8 Å². The monoisotopic (exact) mass is 388 g/mol. The lowest BCUT2D eigenvalue weighted by atomic mass is 10.0. The first-order valence-corrected chi connectivity index (χ1v) is 10.1. The average molecular weight is 389 g/mol. The average Bonchev–Trinajstić information content (AvgIpc) is 3.15. The molecular weight excluding hydrogens is 360 g/mol. The molecule has 1 aromatic heterocycles. The van der Waals surface area contributed by atoms with Gasteiger partial charge in [-0.05, 0) is 18.6 Å². The standard InChI is InChI=1S/C20H28N4O2S/c1-3-4-8-17-19-22-16(14-7-5-6-9-18(14)26-2)12-23(19)10-11-24(17)20(25)15(21)13-27/h5-7,9,12,15,17,27H,3-4,8,10-11,13,21H2,1-2H3. The summed E-state index contributed by atoms with van der Waals surface area (Å²) in [5, 5.41) is 0. The summed E-state index contributed by atoms with van der Waals surface area (Å²) < 4.78 is 7.65. The van der Waals surface area contributed by atoms with Crippen LogP contribution in [-0.2, 0) is 11.3 Å². The molecule has 0 spiro atoms. The number of unbranched alkanes of at least 4 members (excludes halogenated alkanes) is 1. The van der Waals surface area contributed by atoms with E-state index in [1.54, 1.807) is 7.11 Å². The van der Waals surface area contributed by atoms with Gasteiger partial charge < -0.3 is 19.9 Å². The van der Waals surface area contributed by atoms with Gasteiger partial charge in [-0.3, -0.25) is 4.79 Å². The van der Waals surface area contributed by atoms with Crippen molar-refractivity contribution in [2.24, 2.45) is 5.73 Å². The van der Waals surface area contributed by atoms with Crippen LogP contribution in [0.2, 0.25) is 0 Å². The quantitative estimate of drug-likeness (QED) is 0.716. The fourth-order valence-electron chi connectivity index (χ4n) is 3.61. The molecule has 27 heavy (non-hydrogen) atoms. The first kappa shape index (κ1) is 19.8. The van der Waals surface area contributed by atoms with Crippen molar-refractivity contribution in [2.75, 3.05) is 19.4 Å². The van der Waals surface area contributed by atoms with Gasteiger partial charge in [0.25, 0.3) is 0 Å². The van der Waals surface area contributed by atoms with Gasteiger partial charge in [-0.1, -0.05) is 31.9 Å². The fraction of sp³-hybridized carbons (Fsp3) is 0.500. The molecule has 2 heterocycles. The molecule has 1 amide bonds. The fourth-order valence-corrected chi connectivity index (χ4v) is 3.77. The predicted molar refractivity (Wildman–Crippen MR) is 110 cm³/mol. The van der Waals surface area contributed by atoms with Crippen molar-refractivity contribution in [3.05, 3.63) is 36.3 Å². The lowest BCUT2D eigenvalue weighted by molar-refractivity contribution is -0.136. The van der Waals surface area contributed by atoms with E-state index in [1.165, 1.54) is 0 Å². The Morgan fingerprint density at radius 2 is 2.19 bits per heavy atom. The maximum Gasteiger partial charge on any atom is 0.241 e. The Morgan fingerprint density at radius 3 is 2.89 bits per heavy atom. The Hall–Kier alpha value is -1.99. The molecule has 146 valence electrons. The van der Waals surface area contributed by atoms with Crippen LogP contribution in [0, 0.1) is 0 Å². The lowest BCUT2D eigenvalue weighted by Gasteiger charge is -2.37. The topological polar surface area (TPSA) is 73.4 Å². The van der Waals surface area contributed by atoms with Crippen LogP contribution in [0.1, 0.15) is 38.1 Å². The van der Waals surface area contributed by atoms with Crippen molar-refractivity contribution < 1.29 is 9.53 Å². The maximum absolute atomic E-state index is 12.8. The molecule has 0 bridgehead atoms. The van der Waals surface area contributed by atoms with Crippen LogP contribution < -0.4 is 10.5 Å². The number of aromatic nitrogens is 2. The number of fused-ring (bicyclic) bond motifs is 1. The Morgan fingerprint density at radius 1 is 1.41 bits per heavy atom. The molecule has 0 radical (unpaired) electrons. The van der Waals surface area contributed by atoms with Crippen LogP contribution >= 0.6 is 12.6 Å². The highest BCUT2D eigenvalue weighted by Crippen LogP contribution is 2.35. The number of carbonyl (C=O) groups is 1. The summed E-state index contributed by atoms with van der Waals surface area (Å²) in [6.45, 7) is 3.51. The third-order valence-corrected chi connectivity index (χ3v) is 5.47. The lowest BCUT2D eigenvalue weighted by Crippen LogP contribution is -2.50. The number of benzene rings is 1. The first-order chi connectivity index (χ1) is 13.1. The van der Waals surface area contributed by atoms with E-state index in [4.69, 9.17) is 15.5 Å². The largest absolute Gasteiger partial charge is 0.496 e. The molecule has 6 nitrogen and oxygen atoms in total. The van der Waals surface area contributed by atoms with E-state index in [1.807, 2.05) is 29.2 Å². The van der Waals surface area contributed by atoms with Crippen LogP contribution in [0.15, 0.2) is 30.5 Å². The van der Waals surface area contributed by atoms with E-state index in [-0.39, 0.29) is 11.9 Å². The van der Waals surface area contributed by atoms with Crippen molar-refractivity contribution in [1.29, 1.82) is 0 Å². The van der Waals surface area contributed by atoms with Gasteiger partial charge in [0.2, 0.25) is 5.91 Å². The minimum Gasteiger partial charge on any atom is -0.496 e. The normalized spacial score (nSPS) is 17.5. The third kappa shape index (κ3) is 3.99. The summed E-state index contributed by atoms with van der Waals surface area (Å²) in [5.74, 6) is 2.02. The van der Waals surface area contributed by atoms with Gasteiger partial charge in [0.15, 0.2) is 0 Å². The number of nitrogens with two attached hydrogens (primary N) is 1. The smallest absolute Gasteiger partial charge is 0.241 e. The summed E-state index contributed by atoms with van der Waals surface area (Å²) in [6.07, 6.45) is 5.04. The SMILES string of the molecule is CCCCC1c2nc(-c3ccccc3OC)cn2CCN1C(=O)C(N)CS. The van der Waals surface area contributed by atoms with E-state index < -0.39 is 6.04 Å².